The van der Waals surface area contributed by atoms with E-state index in [0.29, 0.717) is 18.6 Å². The van der Waals surface area contributed by atoms with Gasteiger partial charge in [-0.3, -0.25) is 4.99 Å². The fraction of sp³-hybridized carbons (Fsp3) is 0.588. The van der Waals surface area contributed by atoms with Crippen LogP contribution in [0.4, 0.5) is 0 Å². The third kappa shape index (κ3) is 7.98. The normalized spacial score (nSPS) is 12.7. The molecule has 0 fully saturated rings. The van der Waals surface area contributed by atoms with Crippen LogP contribution in [0.5, 0.6) is 0 Å². The standard InChI is InChI=1S/C17H29N3O.HI/c1-6-21-12-16-9-7-15(8-10-16)11-19-17(18-5)20-14(4)13(2)3;/h7-10,13-14H,6,11-12H2,1-5H3,(H2,18,19,20);1H. The zero-order chi connectivity index (χ0) is 15.7. The van der Waals surface area contributed by atoms with Crippen molar-refractivity contribution in [2.75, 3.05) is 13.7 Å². The predicted molar refractivity (Wildman–Crippen MR) is 105 cm³/mol. The van der Waals surface area contributed by atoms with Crippen molar-refractivity contribution in [3.05, 3.63) is 35.4 Å². The molecule has 1 rings (SSSR count). The van der Waals surface area contributed by atoms with Gasteiger partial charge in [0.2, 0.25) is 0 Å². The summed E-state index contributed by atoms with van der Waals surface area (Å²) in [6.07, 6.45) is 0. The van der Waals surface area contributed by atoms with Crippen LogP contribution in [0.2, 0.25) is 0 Å². The Morgan fingerprint density at radius 1 is 1.14 bits per heavy atom. The summed E-state index contributed by atoms with van der Waals surface area (Å²) in [6.45, 7) is 10.8. The number of ether oxygens (including phenoxy) is 1. The molecule has 1 aromatic carbocycles. The molecule has 2 N–H and O–H groups in total. The minimum Gasteiger partial charge on any atom is -0.377 e. The Hall–Kier alpha value is -0.820. The van der Waals surface area contributed by atoms with Crippen LogP contribution in [0.1, 0.15) is 38.8 Å². The van der Waals surface area contributed by atoms with Crippen LogP contribution < -0.4 is 10.6 Å². The maximum Gasteiger partial charge on any atom is 0.191 e. The third-order valence-corrected chi connectivity index (χ3v) is 3.54. The SMILES string of the molecule is CCOCc1ccc(CNC(=NC)NC(C)C(C)C)cc1.I. The minimum absolute atomic E-state index is 0. The molecule has 0 aliphatic rings. The summed E-state index contributed by atoms with van der Waals surface area (Å²) in [7, 11) is 1.80. The summed E-state index contributed by atoms with van der Waals surface area (Å²) in [5.41, 5.74) is 2.44. The van der Waals surface area contributed by atoms with Gasteiger partial charge in [-0.1, -0.05) is 38.1 Å². The highest BCUT2D eigenvalue weighted by atomic mass is 127. The molecule has 0 saturated heterocycles. The number of hydrogen-bond donors (Lipinski definition) is 2. The number of nitrogens with one attached hydrogen (secondary N) is 2. The van der Waals surface area contributed by atoms with Gasteiger partial charge in [-0.2, -0.15) is 0 Å². The lowest BCUT2D eigenvalue weighted by atomic mass is 10.1. The molecular weight excluding hydrogens is 389 g/mol. The average Bonchev–Trinajstić information content (AvgIpc) is 2.50. The molecule has 1 aromatic rings. The number of nitrogens with zero attached hydrogens (tertiary/aromatic N) is 1. The van der Waals surface area contributed by atoms with Gasteiger partial charge >= 0.3 is 0 Å². The highest BCUT2D eigenvalue weighted by molar-refractivity contribution is 14.0. The van der Waals surface area contributed by atoms with E-state index >= 15 is 0 Å². The molecule has 4 nitrogen and oxygen atoms in total. The Labute approximate surface area is 152 Å². The molecule has 0 saturated carbocycles. The van der Waals surface area contributed by atoms with Crippen molar-refractivity contribution >= 4 is 29.9 Å². The first-order chi connectivity index (χ1) is 10.1. The second-order valence-corrected chi connectivity index (χ2v) is 5.56. The van der Waals surface area contributed by atoms with Gasteiger partial charge in [0.25, 0.3) is 0 Å². The largest absolute Gasteiger partial charge is 0.377 e. The van der Waals surface area contributed by atoms with Crippen LogP contribution in [0.15, 0.2) is 29.3 Å². The highest BCUT2D eigenvalue weighted by Crippen LogP contribution is 2.06. The van der Waals surface area contributed by atoms with Gasteiger partial charge in [0.15, 0.2) is 5.96 Å². The first kappa shape index (κ1) is 21.2. The first-order valence-corrected chi connectivity index (χ1v) is 7.69. The Bertz CT molecular complexity index is 432. The van der Waals surface area contributed by atoms with Crippen molar-refractivity contribution in [1.82, 2.24) is 10.6 Å². The fourth-order valence-corrected chi connectivity index (χ4v) is 1.74. The molecule has 5 heteroatoms. The van der Waals surface area contributed by atoms with E-state index in [4.69, 9.17) is 4.74 Å². The second-order valence-electron chi connectivity index (χ2n) is 5.56. The Morgan fingerprint density at radius 3 is 2.23 bits per heavy atom. The number of halogens is 1. The van der Waals surface area contributed by atoms with Crippen LogP contribution in [0.3, 0.4) is 0 Å². The van der Waals surface area contributed by atoms with Crippen LogP contribution in [-0.2, 0) is 17.9 Å². The maximum absolute atomic E-state index is 5.40. The molecule has 0 amide bonds. The van der Waals surface area contributed by atoms with Crippen LogP contribution in [0.25, 0.3) is 0 Å². The first-order valence-electron chi connectivity index (χ1n) is 7.69. The topological polar surface area (TPSA) is 45.6 Å². The lowest BCUT2D eigenvalue weighted by Crippen LogP contribution is -2.43. The van der Waals surface area contributed by atoms with Gasteiger partial charge in [0.1, 0.15) is 0 Å². The summed E-state index contributed by atoms with van der Waals surface area (Å²) in [5, 5.41) is 6.74. The summed E-state index contributed by atoms with van der Waals surface area (Å²) < 4.78 is 5.40. The van der Waals surface area contributed by atoms with Crippen LogP contribution >= 0.6 is 24.0 Å². The number of rotatable bonds is 7. The van der Waals surface area contributed by atoms with E-state index in [1.807, 2.05) is 6.92 Å². The van der Waals surface area contributed by atoms with E-state index in [9.17, 15) is 0 Å². The van der Waals surface area contributed by atoms with Crippen molar-refractivity contribution in [3.63, 3.8) is 0 Å². The van der Waals surface area contributed by atoms with Gasteiger partial charge in [-0.05, 0) is 30.9 Å². The van der Waals surface area contributed by atoms with Crippen LogP contribution in [0, 0.1) is 5.92 Å². The quantitative estimate of drug-likeness (QED) is 0.404. The van der Waals surface area contributed by atoms with Crippen molar-refractivity contribution in [2.24, 2.45) is 10.9 Å². The van der Waals surface area contributed by atoms with Crippen molar-refractivity contribution in [2.45, 2.75) is 46.9 Å². The highest BCUT2D eigenvalue weighted by Gasteiger charge is 2.08. The predicted octanol–water partition coefficient (Wildman–Crippen LogP) is 3.55. The number of guanidine groups is 1. The molecule has 0 heterocycles. The lowest BCUT2D eigenvalue weighted by Gasteiger charge is -2.20. The van der Waals surface area contributed by atoms with E-state index in [2.05, 4.69) is 60.7 Å². The summed E-state index contributed by atoms with van der Waals surface area (Å²) in [4.78, 5) is 4.26. The molecular formula is C17H30IN3O. The third-order valence-electron chi connectivity index (χ3n) is 3.54. The second kappa shape index (κ2) is 11.7. The van der Waals surface area contributed by atoms with Crippen molar-refractivity contribution in [3.8, 4) is 0 Å². The minimum atomic E-state index is 0. The molecule has 1 atom stereocenters. The molecule has 22 heavy (non-hydrogen) atoms. The van der Waals surface area contributed by atoms with Crippen LogP contribution in [-0.4, -0.2) is 25.7 Å². The Morgan fingerprint density at radius 2 is 1.73 bits per heavy atom. The van der Waals surface area contributed by atoms with Gasteiger partial charge in [-0.25, -0.2) is 0 Å². The molecule has 0 aliphatic carbocycles. The molecule has 0 spiro atoms. The lowest BCUT2D eigenvalue weighted by molar-refractivity contribution is 0.134. The summed E-state index contributed by atoms with van der Waals surface area (Å²) in [6, 6.07) is 8.87. The van der Waals surface area contributed by atoms with E-state index < -0.39 is 0 Å². The average molecular weight is 419 g/mol. The van der Waals surface area contributed by atoms with Crippen molar-refractivity contribution in [1.29, 1.82) is 0 Å². The van der Waals surface area contributed by atoms with E-state index in [1.165, 1.54) is 11.1 Å². The maximum atomic E-state index is 5.40. The van der Waals surface area contributed by atoms with Gasteiger partial charge in [0, 0.05) is 26.2 Å². The van der Waals surface area contributed by atoms with E-state index in [1.54, 1.807) is 7.05 Å². The number of aliphatic imine (C=N–C) groups is 1. The number of benzene rings is 1. The fourth-order valence-electron chi connectivity index (χ4n) is 1.74. The van der Waals surface area contributed by atoms with Gasteiger partial charge < -0.3 is 15.4 Å². The summed E-state index contributed by atoms with van der Waals surface area (Å²) in [5.74, 6) is 1.41. The molecule has 0 radical (unpaired) electrons. The van der Waals surface area contributed by atoms with Gasteiger partial charge in [0.05, 0.1) is 6.61 Å². The zero-order valence-corrected chi connectivity index (χ0v) is 16.7. The number of hydrogen-bond acceptors (Lipinski definition) is 2. The van der Waals surface area contributed by atoms with E-state index in [0.717, 1.165) is 19.1 Å². The van der Waals surface area contributed by atoms with Crippen molar-refractivity contribution < 1.29 is 4.74 Å². The van der Waals surface area contributed by atoms with E-state index in [-0.39, 0.29) is 24.0 Å². The zero-order valence-electron chi connectivity index (χ0n) is 14.3. The molecule has 0 bridgehead atoms. The molecule has 1 unspecified atom stereocenters. The molecule has 0 aromatic heterocycles. The Balaban J connectivity index is 0.00000441. The molecule has 0 aliphatic heterocycles. The smallest absolute Gasteiger partial charge is 0.191 e. The van der Waals surface area contributed by atoms with Gasteiger partial charge in [-0.15, -0.1) is 24.0 Å². The Kier molecular flexibility index (Phi) is 11.3. The molecule has 126 valence electrons. The monoisotopic (exact) mass is 419 g/mol. The summed E-state index contributed by atoms with van der Waals surface area (Å²) >= 11 is 0.